The quantitative estimate of drug-likeness (QED) is 0.837. The molecule has 1 aromatic rings. The molecule has 2 atom stereocenters. The summed E-state index contributed by atoms with van der Waals surface area (Å²) in [5.74, 6) is 0.343. The average molecular weight is 356 g/mol. The number of carbonyl (C=O) groups is 2. The van der Waals surface area contributed by atoms with Crippen molar-refractivity contribution in [1.82, 2.24) is 9.96 Å². The van der Waals surface area contributed by atoms with E-state index < -0.39 is 0 Å². The van der Waals surface area contributed by atoms with E-state index in [-0.39, 0.29) is 23.1 Å². The van der Waals surface area contributed by atoms with Crippen LogP contribution in [0.2, 0.25) is 0 Å². The molecule has 2 aliphatic heterocycles. The molecule has 0 unspecified atom stereocenters. The van der Waals surface area contributed by atoms with Crippen molar-refractivity contribution in [2.75, 3.05) is 26.2 Å². The van der Waals surface area contributed by atoms with Crippen LogP contribution >= 0.6 is 0 Å². The second kappa shape index (κ2) is 7.39. The Hall–Kier alpha value is -1.88. The first-order chi connectivity index (χ1) is 12.7. The molecular formula is C21H28N2O3. The highest BCUT2D eigenvalue weighted by Gasteiger charge is 2.52. The van der Waals surface area contributed by atoms with Crippen molar-refractivity contribution >= 4 is 11.8 Å². The fraction of sp³-hybridized carbons (Fsp3) is 0.619. The van der Waals surface area contributed by atoms with Gasteiger partial charge in [0.05, 0.1) is 13.0 Å². The van der Waals surface area contributed by atoms with Crippen LogP contribution in [0.1, 0.15) is 44.1 Å². The Morgan fingerprint density at radius 1 is 1.08 bits per heavy atom. The molecule has 5 nitrogen and oxygen atoms in total. The molecule has 1 saturated carbocycles. The molecular weight excluding hydrogens is 328 g/mol. The maximum absolute atomic E-state index is 13.0. The van der Waals surface area contributed by atoms with Crippen molar-refractivity contribution < 1.29 is 14.4 Å². The number of rotatable bonds is 3. The van der Waals surface area contributed by atoms with E-state index in [0.29, 0.717) is 19.6 Å². The van der Waals surface area contributed by atoms with Gasteiger partial charge in [-0.2, -0.15) is 0 Å². The predicted molar refractivity (Wildman–Crippen MR) is 98.0 cm³/mol. The summed E-state index contributed by atoms with van der Waals surface area (Å²) in [5.41, 5.74) is 1.02. The highest BCUT2D eigenvalue weighted by Crippen LogP contribution is 2.50. The molecule has 3 aliphatic rings. The Kier molecular flexibility index (Phi) is 4.98. The molecule has 0 radical (unpaired) electrons. The Labute approximate surface area is 155 Å². The number of carbonyl (C=O) groups excluding carboxylic acids is 2. The highest BCUT2D eigenvalue weighted by atomic mass is 16.7. The number of benzene rings is 1. The summed E-state index contributed by atoms with van der Waals surface area (Å²) >= 11 is 0. The van der Waals surface area contributed by atoms with Gasteiger partial charge in [0.15, 0.2) is 0 Å². The van der Waals surface area contributed by atoms with Crippen molar-refractivity contribution in [3.8, 4) is 0 Å². The maximum atomic E-state index is 13.0. The molecule has 4 rings (SSSR count). The molecule has 1 aliphatic carbocycles. The van der Waals surface area contributed by atoms with E-state index in [9.17, 15) is 9.59 Å². The van der Waals surface area contributed by atoms with E-state index in [1.165, 1.54) is 0 Å². The molecule has 3 fully saturated rings. The number of nitrogens with zero attached hydrogens (tertiary/aromatic N) is 2. The van der Waals surface area contributed by atoms with E-state index in [1.807, 2.05) is 35.2 Å². The standard InChI is InChI=1S/C21H28N2O3/c24-19(15-17-7-2-1-3-8-17)22-13-11-21(16-22)10-6-9-18(21)20(25)23-12-4-5-14-26-23/h1-3,7-8,18H,4-6,9-16H2/t18-,21-/m0/s1. The van der Waals surface area contributed by atoms with Gasteiger partial charge in [0, 0.05) is 31.0 Å². The van der Waals surface area contributed by atoms with Crippen molar-refractivity contribution in [3.63, 3.8) is 0 Å². The molecule has 140 valence electrons. The van der Waals surface area contributed by atoms with Gasteiger partial charge in [0.1, 0.15) is 0 Å². The van der Waals surface area contributed by atoms with Crippen molar-refractivity contribution in [2.24, 2.45) is 11.3 Å². The zero-order valence-corrected chi connectivity index (χ0v) is 15.4. The average Bonchev–Trinajstić information content (AvgIpc) is 3.30. The molecule has 26 heavy (non-hydrogen) atoms. The van der Waals surface area contributed by atoms with Crippen LogP contribution in [0.15, 0.2) is 30.3 Å². The third-order valence-corrected chi connectivity index (χ3v) is 6.39. The SMILES string of the molecule is O=C(Cc1ccccc1)N1CC[C@@]2(CCC[C@H]2C(=O)N2CCCCO2)C1. The molecule has 0 N–H and O–H groups in total. The minimum Gasteiger partial charge on any atom is -0.342 e. The second-order valence-corrected chi connectivity index (χ2v) is 8.02. The second-order valence-electron chi connectivity index (χ2n) is 8.02. The van der Waals surface area contributed by atoms with Crippen LogP contribution < -0.4 is 0 Å². The molecule has 5 heteroatoms. The summed E-state index contributed by atoms with van der Waals surface area (Å²) in [4.78, 5) is 33.4. The van der Waals surface area contributed by atoms with Crippen molar-refractivity contribution in [3.05, 3.63) is 35.9 Å². The van der Waals surface area contributed by atoms with Crippen molar-refractivity contribution in [2.45, 2.75) is 44.9 Å². The largest absolute Gasteiger partial charge is 0.342 e. The van der Waals surface area contributed by atoms with Crippen LogP contribution in [0, 0.1) is 11.3 Å². The number of likely N-dealkylation sites (tertiary alicyclic amines) is 1. The smallest absolute Gasteiger partial charge is 0.249 e. The van der Waals surface area contributed by atoms with Gasteiger partial charge in [-0.1, -0.05) is 36.8 Å². The first-order valence-corrected chi connectivity index (χ1v) is 9.94. The highest BCUT2D eigenvalue weighted by molar-refractivity contribution is 5.81. The maximum Gasteiger partial charge on any atom is 0.249 e. The summed E-state index contributed by atoms with van der Waals surface area (Å²) < 4.78 is 0. The molecule has 1 spiro atoms. The lowest BCUT2D eigenvalue weighted by molar-refractivity contribution is -0.204. The lowest BCUT2D eigenvalue weighted by Crippen LogP contribution is -2.45. The summed E-state index contributed by atoms with van der Waals surface area (Å²) in [7, 11) is 0. The minimum atomic E-state index is -0.0375. The first kappa shape index (κ1) is 17.5. The van der Waals surface area contributed by atoms with Crippen LogP contribution in [0.5, 0.6) is 0 Å². The molecule has 1 aromatic carbocycles. The molecule has 0 bridgehead atoms. The van der Waals surface area contributed by atoms with E-state index in [4.69, 9.17) is 4.84 Å². The van der Waals surface area contributed by atoms with Gasteiger partial charge in [-0.15, -0.1) is 0 Å². The third-order valence-electron chi connectivity index (χ3n) is 6.39. The van der Waals surface area contributed by atoms with E-state index >= 15 is 0 Å². The van der Waals surface area contributed by atoms with E-state index in [1.54, 1.807) is 5.06 Å². The zero-order chi connectivity index (χ0) is 18.0. The minimum absolute atomic E-state index is 0.00938. The van der Waals surface area contributed by atoms with Gasteiger partial charge < -0.3 is 4.90 Å². The molecule has 0 aromatic heterocycles. The zero-order valence-electron chi connectivity index (χ0n) is 15.4. The summed E-state index contributed by atoms with van der Waals surface area (Å²) in [6.45, 7) is 2.86. The molecule has 2 heterocycles. The number of hydrogen-bond donors (Lipinski definition) is 0. The van der Waals surface area contributed by atoms with Crippen LogP contribution in [0.4, 0.5) is 0 Å². The summed E-state index contributed by atoms with van der Waals surface area (Å²) in [6, 6.07) is 9.91. The van der Waals surface area contributed by atoms with Gasteiger partial charge in [0.2, 0.25) is 11.8 Å². The first-order valence-electron chi connectivity index (χ1n) is 9.94. The molecule has 2 saturated heterocycles. The van der Waals surface area contributed by atoms with Gasteiger partial charge in [0.25, 0.3) is 0 Å². The Morgan fingerprint density at radius 3 is 2.69 bits per heavy atom. The van der Waals surface area contributed by atoms with E-state index in [0.717, 1.165) is 57.2 Å². The lowest BCUT2D eigenvalue weighted by atomic mass is 9.76. The Balaban J connectivity index is 1.42. The lowest BCUT2D eigenvalue weighted by Gasteiger charge is -2.35. The third kappa shape index (κ3) is 3.37. The fourth-order valence-corrected chi connectivity index (χ4v) is 4.95. The number of hydrogen-bond acceptors (Lipinski definition) is 3. The normalized spacial score (nSPS) is 28.7. The Bertz CT molecular complexity index is 656. The number of amides is 2. The van der Waals surface area contributed by atoms with Crippen LogP contribution in [-0.2, 0) is 20.8 Å². The fourth-order valence-electron chi connectivity index (χ4n) is 4.95. The van der Waals surface area contributed by atoms with Crippen LogP contribution in [-0.4, -0.2) is 48.0 Å². The van der Waals surface area contributed by atoms with Crippen molar-refractivity contribution in [1.29, 1.82) is 0 Å². The monoisotopic (exact) mass is 356 g/mol. The topological polar surface area (TPSA) is 49.9 Å². The Morgan fingerprint density at radius 2 is 1.92 bits per heavy atom. The van der Waals surface area contributed by atoms with Gasteiger partial charge in [-0.05, 0) is 37.7 Å². The molecule has 2 amide bonds. The van der Waals surface area contributed by atoms with Gasteiger partial charge in [-0.25, -0.2) is 5.06 Å². The summed E-state index contributed by atoms with van der Waals surface area (Å²) in [6.07, 6.45) is 6.49. The number of hydroxylamine groups is 2. The van der Waals surface area contributed by atoms with Gasteiger partial charge in [-0.3, -0.25) is 14.4 Å². The predicted octanol–water partition coefficient (Wildman–Crippen LogP) is 2.80. The van der Waals surface area contributed by atoms with Crippen LogP contribution in [0.3, 0.4) is 0 Å². The van der Waals surface area contributed by atoms with Gasteiger partial charge >= 0.3 is 0 Å². The summed E-state index contributed by atoms with van der Waals surface area (Å²) in [5, 5.41) is 1.61. The van der Waals surface area contributed by atoms with E-state index in [2.05, 4.69) is 0 Å². The van der Waals surface area contributed by atoms with Crippen LogP contribution in [0.25, 0.3) is 0 Å².